The van der Waals surface area contributed by atoms with E-state index in [-0.39, 0.29) is 5.92 Å². The third-order valence-corrected chi connectivity index (χ3v) is 5.07. The molecule has 1 aliphatic heterocycles. The summed E-state index contributed by atoms with van der Waals surface area (Å²) in [5.74, 6) is 1.96. The van der Waals surface area contributed by atoms with Crippen LogP contribution in [-0.2, 0) is 11.8 Å². The number of nitrogens with one attached hydrogen (secondary N) is 1. The Morgan fingerprint density at radius 1 is 1.33 bits per heavy atom. The van der Waals surface area contributed by atoms with Crippen LogP contribution in [-0.4, -0.2) is 38.7 Å². The number of rotatable bonds is 2. The Morgan fingerprint density at radius 2 is 2.10 bits per heavy atom. The lowest BCUT2D eigenvalue weighted by Gasteiger charge is -2.34. The molecule has 1 fully saturated rings. The Labute approximate surface area is 130 Å². The van der Waals surface area contributed by atoms with Gasteiger partial charge in [0.2, 0.25) is 5.91 Å². The van der Waals surface area contributed by atoms with Gasteiger partial charge in [-0.1, -0.05) is 12.2 Å². The zero-order valence-corrected chi connectivity index (χ0v) is 13.2. The predicted molar refractivity (Wildman–Crippen MR) is 83.4 cm³/mol. The van der Waals surface area contributed by atoms with Crippen LogP contribution in [0.4, 0.5) is 0 Å². The Balaban J connectivity index is 1.60. The molecule has 1 saturated heterocycles. The number of nitrogens with zero attached hydrogens (tertiary/aromatic N) is 3. The van der Waals surface area contributed by atoms with Gasteiger partial charge in [0.25, 0.3) is 0 Å². The Morgan fingerprint density at radius 3 is 2.67 bits per heavy atom. The number of aromatic nitrogens is 3. The van der Waals surface area contributed by atoms with Gasteiger partial charge in [-0.2, -0.15) is 5.10 Å². The molecule has 6 heteroatoms. The van der Waals surface area contributed by atoms with Gasteiger partial charge in [0.15, 0.2) is 4.77 Å². The van der Waals surface area contributed by atoms with Gasteiger partial charge in [-0.3, -0.25) is 9.89 Å². The van der Waals surface area contributed by atoms with Crippen molar-refractivity contribution in [2.24, 2.45) is 13.0 Å². The minimum Gasteiger partial charge on any atom is -0.342 e. The van der Waals surface area contributed by atoms with Crippen LogP contribution in [0.15, 0.2) is 12.2 Å². The van der Waals surface area contributed by atoms with Gasteiger partial charge < -0.3 is 9.47 Å². The van der Waals surface area contributed by atoms with Crippen molar-refractivity contribution in [1.29, 1.82) is 0 Å². The highest BCUT2D eigenvalue weighted by atomic mass is 32.1. The molecule has 1 aromatic heterocycles. The molecular weight excluding hydrogens is 284 g/mol. The summed E-state index contributed by atoms with van der Waals surface area (Å²) in [6, 6.07) is 0. The molecule has 0 unspecified atom stereocenters. The number of amides is 1. The molecule has 0 spiro atoms. The quantitative estimate of drug-likeness (QED) is 0.675. The molecule has 114 valence electrons. The maximum atomic E-state index is 12.5. The van der Waals surface area contributed by atoms with E-state index in [1.165, 1.54) is 0 Å². The fraction of sp³-hybridized carbons (Fsp3) is 0.667. The Hall–Kier alpha value is -1.43. The normalized spacial score (nSPS) is 23.5. The van der Waals surface area contributed by atoms with Gasteiger partial charge in [0.1, 0.15) is 5.82 Å². The molecule has 1 aliphatic carbocycles. The van der Waals surface area contributed by atoms with Crippen molar-refractivity contribution in [2.45, 2.75) is 38.0 Å². The van der Waals surface area contributed by atoms with Gasteiger partial charge >= 0.3 is 0 Å². The molecule has 1 atom stereocenters. The monoisotopic (exact) mass is 306 g/mol. The average molecular weight is 306 g/mol. The van der Waals surface area contributed by atoms with Gasteiger partial charge in [-0.15, -0.1) is 0 Å². The van der Waals surface area contributed by atoms with Gasteiger partial charge in [-0.25, -0.2) is 0 Å². The zero-order valence-electron chi connectivity index (χ0n) is 12.4. The second-order valence-corrected chi connectivity index (χ2v) is 6.41. The topological polar surface area (TPSA) is 53.9 Å². The minimum atomic E-state index is 0.201. The molecule has 2 aliphatic rings. The van der Waals surface area contributed by atoms with E-state index in [0.29, 0.717) is 16.6 Å². The van der Waals surface area contributed by atoms with Gasteiger partial charge in [0.05, 0.1) is 0 Å². The van der Waals surface area contributed by atoms with Crippen molar-refractivity contribution in [3.8, 4) is 0 Å². The van der Waals surface area contributed by atoms with E-state index >= 15 is 0 Å². The van der Waals surface area contributed by atoms with Crippen LogP contribution < -0.4 is 0 Å². The lowest BCUT2D eigenvalue weighted by molar-refractivity contribution is -0.136. The van der Waals surface area contributed by atoms with E-state index in [1.54, 1.807) is 0 Å². The molecule has 2 heterocycles. The summed E-state index contributed by atoms with van der Waals surface area (Å²) >= 11 is 5.17. The molecule has 1 aromatic rings. The zero-order chi connectivity index (χ0) is 14.8. The second kappa shape index (κ2) is 6.13. The van der Waals surface area contributed by atoms with Crippen LogP contribution >= 0.6 is 12.2 Å². The summed E-state index contributed by atoms with van der Waals surface area (Å²) in [7, 11) is 1.95. The highest BCUT2D eigenvalue weighted by Gasteiger charge is 2.30. The molecular formula is C15H22N4OS. The summed E-state index contributed by atoms with van der Waals surface area (Å²) in [5.41, 5.74) is 0. The first-order valence-electron chi connectivity index (χ1n) is 7.72. The molecule has 0 bridgehead atoms. The van der Waals surface area contributed by atoms with Crippen LogP contribution in [0.2, 0.25) is 0 Å². The van der Waals surface area contributed by atoms with Gasteiger partial charge in [0, 0.05) is 32.0 Å². The van der Waals surface area contributed by atoms with Crippen molar-refractivity contribution in [2.75, 3.05) is 13.1 Å². The van der Waals surface area contributed by atoms with Gasteiger partial charge in [-0.05, 0) is 44.3 Å². The summed E-state index contributed by atoms with van der Waals surface area (Å²) in [5, 5.41) is 7.18. The maximum Gasteiger partial charge on any atom is 0.226 e. The smallest absolute Gasteiger partial charge is 0.226 e. The molecule has 5 nitrogen and oxygen atoms in total. The summed E-state index contributed by atoms with van der Waals surface area (Å²) in [6.45, 7) is 1.67. The number of carbonyl (C=O) groups is 1. The third kappa shape index (κ3) is 2.95. The maximum absolute atomic E-state index is 12.5. The summed E-state index contributed by atoms with van der Waals surface area (Å²) < 4.78 is 2.61. The number of hydrogen-bond donors (Lipinski definition) is 1. The Kier molecular flexibility index (Phi) is 4.24. The SMILES string of the molecule is Cn1c(C2CCN(C(=O)[C@@H]3CC=CCC3)CC2)n[nH]c1=S. The highest BCUT2D eigenvalue weighted by Crippen LogP contribution is 2.28. The van der Waals surface area contributed by atoms with E-state index in [9.17, 15) is 4.79 Å². The fourth-order valence-corrected chi connectivity index (χ4v) is 3.50. The van der Waals surface area contributed by atoms with Crippen molar-refractivity contribution >= 4 is 18.1 Å². The predicted octanol–water partition coefficient (Wildman–Crippen LogP) is 2.54. The average Bonchev–Trinajstić information content (AvgIpc) is 2.87. The molecule has 21 heavy (non-hydrogen) atoms. The molecule has 0 saturated carbocycles. The molecule has 3 rings (SSSR count). The summed E-state index contributed by atoms with van der Waals surface area (Å²) in [4.78, 5) is 14.6. The number of allylic oxidation sites excluding steroid dienone is 2. The standard InChI is InChI=1S/C15H22N4OS/c1-18-13(16-17-15(18)21)11-7-9-19(10-8-11)14(20)12-5-3-2-4-6-12/h2-3,11-12H,4-10H2,1H3,(H,17,21)/t12-/m1/s1. The lowest BCUT2D eigenvalue weighted by atomic mass is 9.90. The number of carbonyl (C=O) groups excluding carboxylic acids is 1. The highest BCUT2D eigenvalue weighted by molar-refractivity contribution is 7.71. The van der Waals surface area contributed by atoms with E-state index in [0.717, 1.165) is 51.0 Å². The first-order chi connectivity index (χ1) is 10.2. The van der Waals surface area contributed by atoms with Crippen molar-refractivity contribution in [1.82, 2.24) is 19.7 Å². The van der Waals surface area contributed by atoms with E-state index in [4.69, 9.17) is 12.2 Å². The number of aromatic amines is 1. The number of piperidine rings is 1. The number of likely N-dealkylation sites (tertiary alicyclic amines) is 1. The first-order valence-corrected chi connectivity index (χ1v) is 8.12. The van der Waals surface area contributed by atoms with Crippen LogP contribution in [0.5, 0.6) is 0 Å². The Bertz CT molecular complexity index is 595. The largest absolute Gasteiger partial charge is 0.342 e. The van der Waals surface area contributed by atoms with Crippen LogP contribution in [0.1, 0.15) is 43.8 Å². The molecule has 0 radical (unpaired) electrons. The van der Waals surface area contributed by atoms with E-state index < -0.39 is 0 Å². The van der Waals surface area contributed by atoms with Crippen LogP contribution in [0.25, 0.3) is 0 Å². The third-order valence-electron chi connectivity index (χ3n) is 4.70. The lowest BCUT2D eigenvalue weighted by Crippen LogP contribution is -2.41. The minimum absolute atomic E-state index is 0.201. The number of H-pyrrole nitrogens is 1. The van der Waals surface area contributed by atoms with Crippen molar-refractivity contribution in [3.63, 3.8) is 0 Å². The first kappa shape index (κ1) is 14.5. The van der Waals surface area contributed by atoms with Crippen LogP contribution in [0.3, 0.4) is 0 Å². The van der Waals surface area contributed by atoms with E-state index in [1.807, 2.05) is 16.5 Å². The second-order valence-electron chi connectivity index (χ2n) is 6.03. The molecule has 0 aromatic carbocycles. The number of hydrogen-bond acceptors (Lipinski definition) is 3. The van der Waals surface area contributed by atoms with E-state index in [2.05, 4.69) is 22.3 Å². The van der Waals surface area contributed by atoms with Crippen molar-refractivity contribution < 1.29 is 4.79 Å². The molecule has 1 N–H and O–H groups in total. The summed E-state index contributed by atoms with van der Waals surface area (Å²) in [6.07, 6.45) is 9.23. The fourth-order valence-electron chi connectivity index (χ4n) is 3.36. The van der Waals surface area contributed by atoms with Crippen LogP contribution in [0, 0.1) is 10.7 Å². The van der Waals surface area contributed by atoms with Crippen molar-refractivity contribution in [3.05, 3.63) is 22.7 Å². The molecule has 1 amide bonds.